The maximum atomic E-state index is 13.3. The van der Waals surface area contributed by atoms with Crippen LogP contribution in [0.2, 0.25) is 0 Å². The summed E-state index contributed by atoms with van der Waals surface area (Å²) in [5.41, 5.74) is -0.857. The number of nitro benzene ring substituents is 1. The zero-order valence-electron chi connectivity index (χ0n) is 19.7. The summed E-state index contributed by atoms with van der Waals surface area (Å²) in [5, 5.41) is 30.0. The second-order valence-corrected chi connectivity index (χ2v) is 10.3. The van der Waals surface area contributed by atoms with Gasteiger partial charge in [0.1, 0.15) is 18.0 Å². The van der Waals surface area contributed by atoms with E-state index >= 15 is 0 Å². The van der Waals surface area contributed by atoms with Crippen LogP contribution < -0.4 is 4.74 Å². The van der Waals surface area contributed by atoms with Gasteiger partial charge in [0.25, 0.3) is 5.69 Å². The van der Waals surface area contributed by atoms with Crippen molar-refractivity contribution < 1.29 is 37.8 Å². The fourth-order valence-corrected chi connectivity index (χ4v) is 4.64. The molecule has 2 rings (SSSR count). The van der Waals surface area contributed by atoms with Crippen LogP contribution in [0.15, 0.2) is 41.3 Å². The number of ether oxygens (including phenoxy) is 2. The molecule has 1 heterocycles. The van der Waals surface area contributed by atoms with E-state index in [0.717, 1.165) is 16.4 Å². The number of esters is 1. The zero-order chi connectivity index (χ0) is 26.2. The molecule has 0 fully saturated rings. The van der Waals surface area contributed by atoms with Gasteiger partial charge < -0.3 is 19.7 Å². The fourth-order valence-electron chi connectivity index (χ4n) is 3.06. The van der Waals surface area contributed by atoms with Crippen molar-refractivity contribution in [2.75, 3.05) is 19.7 Å². The molecule has 0 unspecified atom stereocenters. The first-order valence-corrected chi connectivity index (χ1v) is 12.1. The summed E-state index contributed by atoms with van der Waals surface area (Å²) in [6.45, 7) is 3.52. The van der Waals surface area contributed by atoms with Gasteiger partial charge in [-0.1, -0.05) is 12.1 Å². The molecular weight excluding hydrogens is 482 g/mol. The van der Waals surface area contributed by atoms with Gasteiger partial charge in [0.05, 0.1) is 35.9 Å². The van der Waals surface area contributed by atoms with Crippen molar-refractivity contribution in [2.24, 2.45) is 0 Å². The Hall–Kier alpha value is -3.13. The van der Waals surface area contributed by atoms with Crippen molar-refractivity contribution in [2.45, 2.75) is 50.9 Å². The SMILES string of the molecule is CC(C)(C)OC(=O)CCN(CCOc1cc(CO)nc(CO)c1)S(=O)(=O)c1ccccc1[N+](=O)[O-]. The molecular formula is C22H29N3O9S. The van der Waals surface area contributed by atoms with E-state index in [4.69, 9.17) is 9.47 Å². The molecule has 0 amide bonds. The highest BCUT2D eigenvalue weighted by Crippen LogP contribution is 2.26. The zero-order valence-corrected chi connectivity index (χ0v) is 20.5. The van der Waals surface area contributed by atoms with Gasteiger partial charge >= 0.3 is 5.97 Å². The third kappa shape index (κ3) is 8.24. The van der Waals surface area contributed by atoms with Crippen LogP contribution in [0, 0.1) is 10.1 Å². The molecule has 192 valence electrons. The van der Waals surface area contributed by atoms with Gasteiger partial charge in [0.15, 0.2) is 4.90 Å². The molecule has 0 aliphatic carbocycles. The first kappa shape index (κ1) is 28.1. The second-order valence-electron chi connectivity index (χ2n) is 8.42. The molecule has 0 radical (unpaired) electrons. The van der Waals surface area contributed by atoms with E-state index in [2.05, 4.69) is 4.98 Å². The van der Waals surface area contributed by atoms with Crippen LogP contribution in [-0.2, 0) is 32.8 Å². The average molecular weight is 512 g/mol. The number of benzene rings is 1. The summed E-state index contributed by atoms with van der Waals surface area (Å²) >= 11 is 0. The van der Waals surface area contributed by atoms with E-state index in [9.17, 15) is 33.5 Å². The number of aromatic nitrogens is 1. The molecule has 0 atom stereocenters. The van der Waals surface area contributed by atoms with Gasteiger partial charge in [0, 0.05) is 31.3 Å². The summed E-state index contributed by atoms with van der Waals surface area (Å²) in [7, 11) is -4.38. The number of rotatable bonds is 12. The van der Waals surface area contributed by atoms with E-state index in [1.165, 1.54) is 24.3 Å². The Kier molecular flexibility index (Phi) is 9.65. The number of hydrogen-bond acceptors (Lipinski definition) is 10. The molecule has 1 aromatic carbocycles. The molecule has 0 aliphatic heterocycles. The van der Waals surface area contributed by atoms with Gasteiger partial charge in [-0.3, -0.25) is 19.9 Å². The van der Waals surface area contributed by atoms with Crippen molar-refractivity contribution in [1.29, 1.82) is 0 Å². The first-order valence-electron chi connectivity index (χ1n) is 10.7. The molecule has 35 heavy (non-hydrogen) atoms. The number of pyridine rings is 1. The minimum atomic E-state index is -4.38. The number of para-hydroxylation sites is 1. The fraction of sp³-hybridized carbons (Fsp3) is 0.455. The van der Waals surface area contributed by atoms with Crippen molar-refractivity contribution in [3.05, 3.63) is 57.9 Å². The molecule has 0 aliphatic rings. The number of aliphatic hydroxyl groups excluding tert-OH is 2. The van der Waals surface area contributed by atoms with Crippen LogP contribution in [0.5, 0.6) is 5.75 Å². The maximum Gasteiger partial charge on any atom is 0.307 e. The van der Waals surface area contributed by atoms with Crippen LogP contribution in [0.1, 0.15) is 38.6 Å². The van der Waals surface area contributed by atoms with Crippen molar-refractivity contribution in [1.82, 2.24) is 9.29 Å². The summed E-state index contributed by atoms with van der Waals surface area (Å²) in [4.78, 5) is 26.3. The van der Waals surface area contributed by atoms with E-state index < -0.39 is 50.3 Å². The number of carbonyl (C=O) groups is 1. The molecule has 0 spiro atoms. The lowest BCUT2D eigenvalue weighted by Crippen LogP contribution is -2.37. The number of nitro groups is 1. The minimum absolute atomic E-state index is 0.187. The van der Waals surface area contributed by atoms with Gasteiger partial charge in [-0.2, -0.15) is 4.31 Å². The van der Waals surface area contributed by atoms with Crippen LogP contribution in [0.4, 0.5) is 5.69 Å². The van der Waals surface area contributed by atoms with E-state index in [-0.39, 0.29) is 43.3 Å². The monoisotopic (exact) mass is 511 g/mol. The van der Waals surface area contributed by atoms with Crippen LogP contribution in [0.3, 0.4) is 0 Å². The highest BCUT2D eigenvalue weighted by Gasteiger charge is 2.32. The van der Waals surface area contributed by atoms with Crippen LogP contribution in [-0.4, -0.2) is 64.1 Å². The smallest absolute Gasteiger partial charge is 0.307 e. The molecule has 2 N–H and O–H groups in total. The summed E-state index contributed by atoms with van der Waals surface area (Å²) in [6.07, 6.45) is -0.282. The number of aliphatic hydroxyl groups is 2. The normalized spacial score (nSPS) is 11.9. The number of sulfonamides is 1. The Morgan fingerprint density at radius 1 is 1.11 bits per heavy atom. The topological polar surface area (TPSA) is 169 Å². The van der Waals surface area contributed by atoms with E-state index in [1.54, 1.807) is 20.8 Å². The molecule has 0 saturated carbocycles. The molecule has 1 aromatic heterocycles. The van der Waals surface area contributed by atoms with E-state index in [1.807, 2.05) is 0 Å². The predicted octanol–water partition coefficient (Wildman–Crippen LogP) is 1.78. The minimum Gasteiger partial charge on any atom is -0.492 e. The quantitative estimate of drug-likeness (QED) is 0.243. The first-order chi connectivity index (χ1) is 16.4. The second kappa shape index (κ2) is 12.0. The average Bonchev–Trinajstić information content (AvgIpc) is 2.79. The lowest BCUT2D eigenvalue weighted by Gasteiger charge is -2.24. The van der Waals surface area contributed by atoms with Crippen molar-refractivity contribution in [3.63, 3.8) is 0 Å². The summed E-state index contributed by atoms with van der Waals surface area (Å²) < 4.78 is 38.4. The predicted molar refractivity (Wildman–Crippen MR) is 124 cm³/mol. The largest absolute Gasteiger partial charge is 0.492 e. The van der Waals surface area contributed by atoms with Crippen molar-refractivity contribution in [3.8, 4) is 5.75 Å². The summed E-state index contributed by atoms with van der Waals surface area (Å²) in [5.74, 6) is -0.390. The Morgan fingerprint density at radius 2 is 1.71 bits per heavy atom. The molecule has 12 nitrogen and oxygen atoms in total. The molecule has 13 heteroatoms. The Morgan fingerprint density at radius 3 is 2.26 bits per heavy atom. The lowest BCUT2D eigenvalue weighted by atomic mass is 10.2. The highest BCUT2D eigenvalue weighted by atomic mass is 32.2. The lowest BCUT2D eigenvalue weighted by molar-refractivity contribution is -0.387. The summed E-state index contributed by atoms with van der Waals surface area (Å²) in [6, 6.07) is 7.79. The Labute approximate surface area is 203 Å². The third-order valence-corrected chi connectivity index (χ3v) is 6.45. The van der Waals surface area contributed by atoms with Gasteiger partial charge in [-0.25, -0.2) is 8.42 Å². The number of hydrogen-bond donors (Lipinski definition) is 2. The van der Waals surface area contributed by atoms with E-state index in [0.29, 0.717) is 0 Å². The highest BCUT2D eigenvalue weighted by molar-refractivity contribution is 7.89. The van der Waals surface area contributed by atoms with Gasteiger partial charge in [-0.15, -0.1) is 0 Å². The third-order valence-electron chi connectivity index (χ3n) is 4.50. The number of nitrogens with zero attached hydrogens (tertiary/aromatic N) is 3. The van der Waals surface area contributed by atoms with Gasteiger partial charge in [-0.05, 0) is 26.8 Å². The Balaban J connectivity index is 2.27. The van der Waals surface area contributed by atoms with Gasteiger partial charge in [0.2, 0.25) is 10.0 Å². The Bertz CT molecular complexity index is 1120. The van der Waals surface area contributed by atoms with Crippen LogP contribution in [0.25, 0.3) is 0 Å². The maximum absolute atomic E-state index is 13.3. The number of carbonyl (C=O) groups excluding carboxylic acids is 1. The van der Waals surface area contributed by atoms with Crippen LogP contribution >= 0.6 is 0 Å². The molecule has 0 saturated heterocycles. The standard InChI is InChI=1S/C22H29N3O9S/c1-22(2,3)34-21(28)8-9-24(35(31,32)20-7-5-4-6-19(20)25(29)30)10-11-33-18-12-16(14-26)23-17(13-18)15-27/h4-7,12-13,26-27H,8-11,14-15H2,1-3H3. The molecule has 2 aromatic rings. The molecule has 0 bridgehead atoms. The van der Waals surface area contributed by atoms with Crippen molar-refractivity contribution >= 4 is 21.7 Å².